The van der Waals surface area contributed by atoms with Crippen LogP contribution in [-0.2, 0) is 22.7 Å². The number of hydrogen-bond donors (Lipinski definition) is 0. The summed E-state index contributed by atoms with van der Waals surface area (Å²) in [7, 11) is 3.26. The van der Waals surface area contributed by atoms with Gasteiger partial charge >= 0.3 is 0 Å². The van der Waals surface area contributed by atoms with Crippen LogP contribution in [0, 0.1) is 0 Å². The van der Waals surface area contributed by atoms with Crippen LogP contribution in [0.3, 0.4) is 0 Å². The molecule has 0 bridgehead atoms. The molecular formula is C23H31N3O4. The fourth-order valence-electron chi connectivity index (χ4n) is 3.65. The van der Waals surface area contributed by atoms with Crippen molar-refractivity contribution in [1.29, 1.82) is 0 Å². The molecule has 1 aromatic carbocycles. The number of rotatable bonds is 8. The molecular weight excluding hydrogens is 382 g/mol. The smallest absolute Gasteiger partial charge is 0.237 e. The Morgan fingerprint density at radius 1 is 1.10 bits per heavy atom. The Bertz CT molecular complexity index is 806. The second kappa shape index (κ2) is 10.4. The summed E-state index contributed by atoms with van der Waals surface area (Å²) in [6.45, 7) is 6.78. The zero-order valence-corrected chi connectivity index (χ0v) is 18.2. The van der Waals surface area contributed by atoms with E-state index in [1.807, 2.05) is 55.3 Å². The van der Waals surface area contributed by atoms with E-state index < -0.39 is 0 Å². The highest BCUT2D eigenvalue weighted by molar-refractivity contribution is 5.79. The van der Waals surface area contributed by atoms with Gasteiger partial charge in [-0.3, -0.25) is 14.7 Å². The van der Waals surface area contributed by atoms with Crippen molar-refractivity contribution >= 4 is 5.91 Å². The van der Waals surface area contributed by atoms with Crippen molar-refractivity contribution in [3.05, 3.63) is 53.9 Å². The van der Waals surface area contributed by atoms with E-state index in [9.17, 15) is 4.79 Å². The monoisotopic (exact) mass is 413 g/mol. The van der Waals surface area contributed by atoms with Gasteiger partial charge in [0.1, 0.15) is 11.5 Å². The van der Waals surface area contributed by atoms with E-state index in [1.54, 1.807) is 20.4 Å². The lowest BCUT2D eigenvalue weighted by molar-refractivity contribution is -0.133. The Morgan fingerprint density at radius 2 is 1.83 bits per heavy atom. The molecule has 30 heavy (non-hydrogen) atoms. The summed E-state index contributed by atoms with van der Waals surface area (Å²) < 4.78 is 17.0. The summed E-state index contributed by atoms with van der Waals surface area (Å²) >= 11 is 0. The molecule has 0 saturated carbocycles. The number of carbonyl (C=O) groups excluding carboxylic acids is 1. The molecule has 3 rings (SSSR count). The maximum Gasteiger partial charge on any atom is 0.237 e. The highest BCUT2D eigenvalue weighted by Gasteiger charge is 2.29. The van der Waals surface area contributed by atoms with Crippen molar-refractivity contribution in [2.75, 3.05) is 33.9 Å². The van der Waals surface area contributed by atoms with Crippen LogP contribution in [-0.4, -0.2) is 66.7 Å². The van der Waals surface area contributed by atoms with E-state index in [-0.39, 0.29) is 18.1 Å². The number of nitrogens with zero attached hydrogens (tertiary/aromatic N) is 3. The summed E-state index contributed by atoms with van der Waals surface area (Å²) in [5, 5.41) is 0. The van der Waals surface area contributed by atoms with Gasteiger partial charge in [0, 0.05) is 44.1 Å². The van der Waals surface area contributed by atoms with Crippen LogP contribution in [0.2, 0.25) is 0 Å². The van der Waals surface area contributed by atoms with Crippen LogP contribution < -0.4 is 9.47 Å². The molecule has 1 fully saturated rings. The zero-order chi connectivity index (χ0) is 21.5. The van der Waals surface area contributed by atoms with Gasteiger partial charge in [-0.2, -0.15) is 0 Å². The maximum absolute atomic E-state index is 12.8. The molecule has 1 aliphatic heterocycles. The Kier molecular flexibility index (Phi) is 7.65. The van der Waals surface area contributed by atoms with E-state index in [0.717, 1.165) is 22.6 Å². The third-order valence-corrected chi connectivity index (χ3v) is 5.19. The minimum atomic E-state index is -0.104. The highest BCUT2D eigenvalue weighted by Crippen LogP contribution is 2.24. The molecule has 0 radical (unpaired) electrons. The fraction of sp³-hybridized carbons (Fsp3) is 0.478. The number of carbonyl (C=O) groups is 1. The van der Waals surface area contributed by atoms with Gasteiger partial charge in [-0.1, -0.05) is 6.07 Å². The van der Waals surface area contributed by atoms with Gasteiger partial charge < -0.3 is 19.1 Å². The van der Waals surface area contributed by atoms with E-state index in [1.165, 1.54) is 0 Å². The Labute approximate surface area is 178 Å². The average Bonchev–Trinajstić information content (AvgIpc) is 2.90. The van der Waals surface area contributed by atoms with Gasteiger partial charge in [-0.15, -0.1) is 0 Å². The number of pyridine rings is 1. The standard InChI is InChI=1S/C23H31N3O4/c1-17(2)26-14-22(30-16-19-8-20(28-3)10-21(9-19)29-4)13-25(15-23(26)27)12-18-6-5-7-24-11-18/h5-11,17,22H,12-16H2,1-4H3. The number of aromatic nitrogens is 1. The minimum absolute atomic E-state index is 0.104. The number of benzene rings is 1. The molecule has 0 aliphatic carbocycles. The molecule has 162 valence electrons. The molecule has 1 saturated heterocycles. The summed E-state index contributed by atoms with van der Waals surface area (Å²) in [4.78, 5) is 21.1. The van der Waals surface area contributed by atoms with Crippen LogP contribution in [0.5, 0.6) is 11.5 Å². The number of ether oxygens (including phenoxy) is 3. The zero-order valence-electron chi connectivity index (χ0n) is 18.2. The lowest BCUT2D eigenvalue weighted by Crippen LogP contribution is -2.42. The van der Waals surface area contributed by atoms with Crippen molar-refractivity contribution in [1.82, 2.24) is 14.8 Å². The van der Waals surface area contributed by atoms with Crippen molar-refractivity contribution in [2.45, 2.75) is 39.1 Å². The van der Waals surface area contributed by atoms with Gasteiger partial charge in [-0.05, 0) is 43.2 Å². The first-order chi connectivity index (χ1) is 14.5. The molecule has 7 nitrogen and oxygen atoms in total. The average molecular weight is 414 g/mol. The molecule has 1 atom stereocenters. The number of hydrogen-bond acceptors (Lipinski definition) is 6. The van der Waals surface area contributed by atoms with E-state index in [4.69, 9.17) is 14.2 Å². The van der Waals surface area contributed by atoms with Crippen molar-refractivity contribution < 1.29 is 19.0 Å². The van der Waals surface area contributed by atoms with Crippen molar-refractivity contribution in [3.8, 4) is 11.5 Å². The lowest BCUT2D eigenvalue weighted by Gasteiger charge is -2.28. The normalized spacial score (nSPS) is 17.8. The second-order valence-electron chi connectivity index (χ2n) is 7.82. The first-order valence-electron chi connectivity index (χ1n) is 10.2. The van der Waals surface area contributed by atoms with E-state index in [2.05, 4.69) is 9.88 Å². The summed E-state index contributed by atoms with van der Waals surface area (Å²) in [6, 6.07) is 9.79. The topological polar surface area (TPSA) is 64.1 Å². The predicted molar refractivity (Wildman–Crippen MR) is 114 cm³/mol. The molecule has 0 spiro atoms. The molecule has 1 aliphatic rings. The van der Waals surface area contributed by atoms with Crippen LogP contribution in [0.25, 0.3) is 0 Å². The quantitative estimate of drug-likeness (QED) is 0.663. The summed E-state index contributed by atoms with van der Waals surface area (Å²) in [6.07, 6.45) is 3.49. The summed E-state index contributed by atoms with van der Waals surface area (Å²) in [5.41, 5.74) is 2.05. The molecule has 1 aromatic heterocycles. The Morgan fingerprint density at radius 3 is 2.43 bits per heavy atom. The number of amides is 1. The van der Waals surface area contributed by atoms with Gasteiger partial charge in [0.05, 0.1) is 33.5 Å². The molecule has 7 heteroatoms. The maximum atomic E-state index is 12.8. The molecule has 0 N–H and O–H groups in total. The fourth-order valence-corrected chi connectivity index (χ4v) is 3.65. The van der Waals surface area contributed by atoms with Crippen LogP contribution in [0.4, 0.5) is 0 Å². The number of methoxy groups -OCH3 is 2. The van der Waals surface area contributed by atoms with Crippen LogP contribution in [0.1, 0.15) is 25.0 Å². The highest BCUT2D eigenvalue weighted by atomic mass is 16.5. The molecule has 2 heterocycles. The molecule has 2 aromatic rings. The Balaban J connectivity index is 1.73. The Hall–Kier alpha value is -2.64. The van der Waals surface area contributed by atoms with Gasteiger partial charge in [-0.25, -0.2) is 0 Å². The SMILES string of the molecule is COc1cc(COC2CN(Cc3cccnc3)CC(=O)N(C(C)C)C2)cc(OC)c1. The van der Waals surface area contributed by atoms with Crippen LogP contribution >= 0.6 is 0 Å². The second-order valence-corrected chi connectivity index (χ2v) is 7.82. The minimum Gasteiger partial charge on any atom is -0.497 e. The first-order valence-corrected chi connectivity index (χ1v) is 10.2. The van der Waals surface area contributed by atoms with E-state index >= 15 is 0 Å². The molecule has 1 amide bonds. The van der Waals surface area contributed by atoms with Gasteiger partial charge in [0.2, 0.25) is 5.91 Å². The van der Waals surface area contributed by atoms with Gasteiger partial charge in [0.25, 0.3) is 0 Å². The van der Waals surface area contributed by atoms with Gasteiger partial charge in [0.15, 0.2) is 0 Å². The lowest BCUT2D eigenvalue weighted by atomic mass is 10.2. The largest absolute Gasteiger partial charge is 0.497 e. The third-order valence-electron chi connectivity index (χ3n) is 5.19. The van der Waals surface area contributed by atoms with Crippen LogP contribution in [0.15, 0.2) is 42.7 Å². The van der Waals surface area contributed by atoms with Crippen molar-refractivity contribution in [2.24, 2.45) is 0 Å². The first kappa shape index (κ1) is 22.1. The third kappa shape index (κ3) is 5.93. The summed E-state index contributed by atoms with van der Waals surface area (Å²) in [5.74, 6) is 1.58. The predicted octanol–water partition coefficient (Wildman–Crippen LogP) is 2.74. The van der Waals surface area contributed by atoms with E-state index in [0.29, 0.717) is 32.8 Å². The molecule has 1 unspecified atom stereocenters. The van der Waals surface area contributed by atoms with Crippen molar-refractivity contribution in [3.63, 3.8) is 0 Å².